The van der Waals surface area contributed by atoms with Crippen molar-refractivity contribution in [1.29, 1.82) is 0 Å². The Balaban J connectivity index is 0.000000531. The summed E-state index contributed by atoms with van der Waals surface area (Å²) in [5.41, 5.74) is 0. The molecule has 80 valence electrons. The lowest BCUT2D eigenvalue weighted by Crippen LogP contribution is -1.89. The minimum absolute atomic E-state index is 0.167. The molecule has 2 nitrogen and oxygen atoms in total. The summed E-state index contributed by atoms with van der Waals surface area (Å²) >= 11 is 0.957. The van der Waals surface area contributed by atoms with Crippen LogP contribution in [0.25, 0.3) is 10.1 Å². The maximum absolute atomic E-state index is 13.1. The van der Waals surface area contributed by atoms with Crippen LogP contribution < -0.4 is 0 Å². The van der Waals surface area contributed by atoms with Gasteiger partial charge in [0.1, 0.15) is 10.7 Å². The first-order valence-electron chi connectivity index (χ1n) is 4.60. The lowest BCUT2D eigenvalue weighted by molar-refractivity contribution is 0.0702. The molecule has 0 amide bonds. The van der Waals surface area contributed by atoms with Gasteiger partial charge < -0.3 is 5.11 Å². The second-order valence-corrected chi connectivity index (χ2v) is 3.63. The molecule has 0 spiro atoms. The Morgan fingerprint density at radius 3 is 2.60 bits per heavy atom. The Hall–Kier alpha value is -1.42. The van der Waals surface area contributed by atoms with Gasteiger partial charge in [-0.1, -0.05) is 26.0 Å². The fourth-order valence-electron chi connectivity index (χ4n) is 1.13. The number of aromatic carboxylic acids is 1. The molecule has 0 aliphatic heterocycles. The summed E-state index contributed by atoms with van der Waals surface area (Å²) in [6.07, 6.45) is 0. The first-order chi connectivity index (χ1) is 7.18. The molecule has 1 aromatic heterocycles. The van der Waals surface area contributed by atoms with Crippen LogP contribution in [0.1, 0.15) is 23.5 Å². The van der Waals surface area contributed by atoms with Crippen LogP contribution in [-0.2, 0) is 0 Å². The topological polar surface area (TPSA) is 37.3 Å². The van der Waals surface area contributed by atoms with Crippen LogP contribution in [0.4, 0.5) is 4.39 Å². The van der Waals surface area contributed by atoms with E-state index >= 15 is 0 Å². The smallest absolute Gasteiger partial charge is 0.345 e. The van der Waals surface area contributed by atoms with Gasteiger partial charge in [-0.3, -0.25) is 0 Å². The summed E-state index contributed by atoms with van der Waals surface area (Å²) in [5, 5.41) is 9.31. The molecule has 4 heteroatoms. The van der Waals surface area contributed by atoms with Gasteiger partial charge in [0.2, 0.25) is 0 Å². The number of carboxylic acid groups (broad SMARTS) is 1. The zero-order chi connectivity index (χ0) is 11.4. The van der Waals surface area contributed by atoms with Crippen molar-refractivity contribution in [3.8, 4) is 0 Å². The van der Waals surface area contributed by atoms with E-state index in [1.54, 1.807) is 12.1 Å². The van der Waals surface area contributed by atoms with E-state index in [4.69, 9.17) is 5.11 Å². The third-order valence-electron chi connectivity index (χ3n) is 1.71. The summed E-state index contributed by atoms with van der Waals surface area (Å²) < 4.78 is 13.5. The number of carboxylic acids is 1. The molecule has 1 aromatic carbocycles. The summed E-state index contributed by atoms with van der Waals surface area (Å²) in [5.74, 6) is -1.38. The Morgan fingerprint density at radius 2 is 2.07 bits per heavy atom. The maximum Gasteiger partial charge on any atom is 0.345 e. The van der Waals surface area contributed by atoms with Crippen molar-refractivity contribution in [2.45, 2.75) is 13.8 Å². The Morgan fingerprint density at radius 1 is 1.40 bits per heavy atom. The standard InChI is InChI=1S/C9H5FO2S.C2H6/c10-6-3-1-2-5-4-7(9(11)12)13-8(5)6;1-2/h1-4H,(H,11,12);1-2H3. The zero-order valence-corrected chi connectivity index (χ0v) is 9.27. The van der Waals surface area contributed by atoms with E-state index in [0.29, 0.717) is 10.1 Å². The Kier molecular flexibility index (Phi) is 3.80. The highest BCUT2D eigenvalue weighted by molar-refractivity contribution is 7.20. The summed E-state index contributed by atoms with van der Waals surface area (Å²) in [4.78, 5) is 10.7. The Labute approximate surface area is 91.0 Å². The van der Waals surface area contributed by atoms with Crippen LogP contribution in [0.15, 0.2) is 24.3 Å². The zero-order valence-electron chi connectivity index (χ0n) is 8.45. The molecule has 0 bridgehead atoms. The van der Waals surface area contributed by atoms with Crippen LogP contribution >= 0.6 is 11.3 Å². The van der Waals surface area contributed by atoms with E-state index in [9.17, 15) is 9.18 Å². The summed E-state index contributed by atoms with van der Waals surface area (Å²) in [6.45, 7) is 4.00. The minimum atomic E-state index is -1.01. The maximum atomic E-state index is 13.1. The summed E-state index contributed by atoms with van der Waals surface area (Å²) in [7, 11) is 0. The monoisotopic (exact) mass is 226 g/mol. The van der Waals surface area contributed by atoms with Crippen LogP contribution in [-0.4, -0.2) is 11.1 Å². The Bertz CT molecular complexity index is 476. The van der Waals surface area contributed by atoms with Crippen LogP contribution in [0.5, 0.6) is 0 Å². The molecule has 0 unspecified atom stereocenters. The summed E-state index contributed by atoms with van der Waals surface area (Å²) in [6, 6.07) is 6.06. The van der Waals surface area contributed by atoms with Gasteiger partial charge in [-0.15, -0.1) is 11.3 Å². The number of thiophene rings is 1. The molecular weight excluding hydrogens is 215 g/mol. The van der Waals surface area contributed by atoms with E-state index < -0.39 is 5.97 Å². The number of carbonyl (C=O) groups is 1. The molecular formula is C11H11FO2S. The predicted octanol–water partition coefficient (Wildman–Crippen LogP) is 3.76. The molecule has 0 atom stereocenters. The normalized spacial score (nSPS) is 9.53. The minimum Gasteiger partial charge on any atom is -0.477 e. The molecule has 1 N–H and O–H groups in total. The van der Waals surface area contributed by atoms with Gasteiger partial charge in [0.05, 0.1) is 4.70 Å². The van der Waals surface area contributed by atoms with Crippen LogP contribution in [0.3, 0.4) is 0 Å². The lowest BCUT2D eigenvalue weighted by Gasteiger charge is -1.87. The number of hydrogen-bond donors (Lipinski definition) is 1. The molecule has 0 aliphatic rings. The van der Waals surface area contributed by atoms with Crippen LogP contribution in [0.2, 0.25) is 0 Å². The fourth-order valence-corrected chi connectivity index (χ4v) is 2.04. The molecule has 0 fully saturated rings. The molecule has 15 heavy (non-hydrogen) atoms. The second kappa shape index (κ2) is 4.89. The number of halogens is 1. The van der Waals surface area contributed by atoms with Crippen molar-refractivity contribution < 1.29 is 14.3 Å². The van der Waals surface area contributed by atoms with Crippen molar-refractivity contribution in [2.75, 3.05) is 0 Å². The highest BCUT2D eigenvalue weighted by Gasteiger charge is 2.10. The van der Waals surface area contributed by atoms with Crippen LogP contribution in [0, 0.1) is 5.82 Å². The average Bonchev–Trinajstić information content (AvgIpc) is 2.66. The fraction of sp³-hybridized carbons (Fsp3) is 0.182. The van der Waals surface area contributed by atoms with E-state index in [0.717, 1.165) is 11.3 Å². The van der Waals surface area contributed by atoms with E-state index in [1.807, 2.05) is 13.8 Å². The molecule has 0 saturated heterocycles. The van der Waals surface area contributed by atoms with Crippen molar-refractivity contribution in [3.63, 3.8) is 0 Å². The lowest BCUT2D eigenvalue weighted by atomic mass is 10.2. The van der Waals surface area contributed by atoms with Gasteiger partial charge in [0, 0.05) is 0 Å². The number of fused-ring (bicyclic) bond motifs is 1. The van der Waals surface area contributed by atoms with Crippen molar-refractivity contribution >= 4 is 27.4 Å². The number of hydrogen-bond acceptors (Lipinski definition) is 2. The van der Waals surface area contributed by atoms with Crippen molar-refractivity contribution in [2.24, 2.45) is 0 Å². The highest BCUT2D eigenvalue weighted by Crippen LogP contribution is 2.27. The SMILES string of the molecule is CC.O=C(O)c1cc2cccc(F)c2s1. The van der Waals surface area contributed by atoms with E-state index in [-0.39, 0.29) is 10.7 Å². The largest absolute Gasteiger partial charge is 0.477 e. The predicted molar refractivity (Wildman–Crippen MR) is 60.1 cm³/mol. The molecule has 2 rings (SSSR count). The first kappa shape index (κ1) is 11.7. The van der Waals surface area contributed by atoms with Gasteiger partial charge in [-0.2, -0.15) is 0 Å². The van der Waals surface area contributed by atoms with Gasteiger partial charge >= 0.3 is 5.97 Å². The quantitative estimate of drug-likeness (QED) is 0.803. The molecule has 0 saturated carbocycles. The number of benzene rings is 1. The highest BCUT2D eigenvalue weighted by atomic mass is 32.1. The molecule has 0 aliphatic carbocycles. The average molecular weight is 226 g/mol. The number of rotatable bonds is 1. The third kappa shape index (κ3) is 2.33. The van der Waals surface area contributed by atoms with Gasteiger partial charge in [-0.05, 0) is 17.5 Å². The molecule has 2 aromatic rings. The van der Waals surface area contributed by atoms with E-state index in [2.05, 4.69) is 0 Å². The first-order valence-corrected chi connectivity index (χ1v) is 5.41. The third-order valence-corrected chi connectivity index (χ3v) is 2.85. The van der Waals surface area contributed by atoms with Crippen molar-refractivity contribution in [1.82, 2.24) is 0 Å². The molecule has 0 radical (unpaired) electrons. The van der Waals surface area contributed by atoms with E-state index in [1.165, 1.54) is 12.1 Å². The van der Waals surface area contributed by atoms with Gasteiger partial charge in [-0.25, -0.2) is 9.18 Å². The van der Waals surface area contributed by atoms with Crippen molar-refractivity contribution in [3.05, 3.63) is 35.0 Å². The molecule has 1 heterocycles. The second-order valence-electron chi connectivity index (χ2n) is 2.57. The van der Waals surface area contributed by atoms with Gasteiger partial charge in [0.15, 0.2) is 0 Å². The van der Waals surface area contributed by atoms with Gasteiger partial charge in [0.25, 0.3) is 0 Å².